The number of amides is 1. The van der Waals surface area contributed by atoms with Gasteiger partial charge in [-0.25, -0.2) is 0 Å². The summed E-state index contributed by atoms with van der Waals surface area (Å²) in [7, 11) is 1.55. The van der Waals surface area contributed by atoms with E-state index in [1.54, 1.807) is 19.2 Å². The Balaban J connectivity index is 1.99. The minimum absolute atomic E-state index is 0.244. The first-order chi connectivity index (χ1) is 12.5. The Hall–Kier alpha value is -2.72. The number of anilines is 1. The van der Waals surface area contributed by atoms with Crippen molar-refractivity contribution in [2.75, 3.05) is 12.4 Å². The van der Waals surface area contributed by atoms with Gasteiger partial charge in [-0.2, -0.15) is 0 Å². The zero-order valence-electron chi connectivity index (χ0n) is 15.0. The molecule has 0 fully saturated rings. The van der Waals surface area contributed by atoms with Crippen LogP contribution in [0.15, 0.2) is 54.9 Å². The number of rotatable bonds is 5. The SMILES string of the molecule is CCc1cccc(C)c1NC(=O)c1cc(Cl)c(-n2cccc2)cc1OC. The maximum absolute atomic E-state index is 12.9. The van der Waals surface area contributed by atoms with Crippen LogP contribution in [-0.2, 0) is 6.42 Å². The fourth-order valence-corrected chi connectivity index (χ4v) is 3.23. The Kier molecular flexibility index (Phi) is 5.33. The van der Waals surface area contributed by atoms with Crippen LogP contribution in [-0.4, -0.2) is 17.6 Å². The Labute approximate surface area is 158 Å². The first-order valence-corrected chi connectivity index (χ1v) is 8.83. The number of methoxy groups -OCH3 is 1. The van der Waals surface area contributed by atoms with Crippen LogP contribution in [0.25, 0.3) is 5.69 Å². The average molecular weight is 369 g/mol. The predicted octanol–water partition coefficient (Wildman–Crippen LogP) is 5.26. The summed E-state index contributed by atoms with van der Waals surface area (Å²) in [6.45, 7) is 4.04. The van der Waals surface area contributed by atoms with Gasteiger partial charge in [0.15, 0.2) is 0 Å². The molecular weight excluding hydrogens is 348 g/mol. The van der Waals surface area contributed by atoms with Crippen LogP contribution >= 0.6 is 11.6 Å². The summed E-state index contributed by atoms with van der Waals surface area (Å²) in [4.78, 5) is 12.9. The lowest BCUT2D eigenvalue weighted by Gasteiger charge is -2.16. The summed E-state index contributed by atoms with van der Waals surface area (Å²) in [5.74, 6) is 0.231. The van der Waals surface area contributed by atoms with Crippen LogP contribution < -0.4 is 10.1 Å². The van der Waals surface area contributed by atoms with Crippen LogP contribution in [0.4, 0.5) is 5.69 Å². The average Bonchev–Trinajstić information content (AvgIpc) is 3.17. The van der Waals surface area contributed by atoms with Crippen molar-refractivity contribution < 1.29 is 9.53 Å². The van der Waals surface area contributed by atoms with Gasteiger partial charge in [0, 0.05) is 24.1 Å². The van der Waals surface area contributed by atoms with E-state index in [2.05, 4.69) is 12.2 Å². The zero-order chi connectivity index (χ0) is 18.7. The molecule has 4 nitrogen and oxygen atoms in total. The van der Waals surface area contributed by atoms with Crippen molar-refractivity contribution in [1.29, 1.82) is 0 Å². The second-order valence-corrected chi connectivity index (χ2v) is 6.42. The predicted molar refractivity (Wildman–Crippen MR) is 106 cm³/mol. The van der Waals surface area contributed by atoms with Gasteiger partial charge in [0.05, 0.1) is 23.4 Å². The van der Waals surface area contributed by atoms with Gasteiger partial charge < -0.3 is 14.6 Å². The number of benzene rings is 2. The summed E-state index contributed by atoms with van der Waals surface area (Å²) in [5, 5.41) is 3.50. The second kappa shape index (κ2) is 7.67. The maximum atomic E-state index is 12.9. The molecule has 1 amide bonds. The number of hydrogen-bond acceptors (Lipinski definition) is 2. The number of ether oxygens (including phenoxy) is 1. The molecule has 3 aromatic rings. The fourth-order valence-electron chi connectivity index (χ4n) is 2.96. The molecule has 0 saturated heterocycles. The van der Waals surface area contributed by atoms with E-state index in [1.165, 1.54) is 0 Å². The Morgan fingerprint density at radius 3 is 2.58 bits per heavy atom. The van der Waals surface area contributed by atoms with Crippen molar-refractivity contribution in [1.82, 2.24) is 4.57 Å². The fraction of sp³-hybridized carbons (Fsp3) is 0.190. The van der Waals surface area contributed by atoms with Crippen LogP contribution in [0, 0.1) is 6.92 Å². The molecule has 0 radical (unpaired) electrons. The minimum atomic E-state index is -0.244. The molecule has 1 aromatic heterocycles. The van der Waals surface area contributed by atoms with E-state index in [0.29, 0.717) is 16.3 Å². The van der Waals surface area contributed by atoms with Crippen molar-refractivity contribution in [3.05, 3.63) is 76.6 Å². The molecule has 0 atom stereocenters. The monoisotopic (exact) mass is 368 g/mol. The van der Waals surface area contributed by atoms with E-state index in [0.717, 1.165) is 28.9 Å². The zero-order valence-corrected chi connectivity index (χ0v) is 15.8. The molecule has 5 heteroatoms. The van der Waals surface area contributed by atoms with Gasteiger partial charge in [0.25, 0.3) is 5.91 Å². The quantitative estimate of drug-likeness (QED) is 0.667. The Morgan fingerprint density at radius 2 is 1.92 bits per heavy atom. The molecule has 0 unspecified atom stereocenters. The van der Waals surface area contributed by atoms with Crippen LogP contribution in [0.1, 0.15) is 28.4 Å². The number of para-hydroxylation sites is 1. The minimum Gasteiger partial charge on any atom is -0.496 e. The smallest absolute Gasteiger partial charge is 0.259 e. The molecule has 0 bridgehead atoms. The normalized spacial score (nSPS) is 10.6. The molecule has 2 aromatic carbocycles. The highest BCUT2D eigenvalue weighted by Crippen LogP contribution is 2.31. The molecule has 0 spiro atoms. The lowest BCUT2D eigenvalue weighted by molar-refractivity contribution is 0.102. The third-order valence-electron chi connectivity index (χ3n) is 4.37. The molecular formula is C21H21ClN2O2. The van der Waals surface area contributed by atoms with E-state index < -0.39 is 0 Å². The molecule has 26 heavy (non-hydrogen) atoms. The number of carbonyl (C=O) groups excluding carboxylic acids is 1. The molecule has 0 aliphatic carbocycles. The third-order valence-corrected chi connectivity index (χ3v) is 4.68. The first kappa shape index (κ1) is 18.1. The number of carbonyl (C=O) groups is 1. The summed E-state index contributed by atoms with van der Waals surface area (Å²) in [6.07, 6.45) is 4.62. The van der Waals surface area contributed by atoms with Crippen molar-refractivity contribution in [3.63, 3.8) is 0 Å². The Morgan fingerprint density at radius 1 is 1.19 bits per heavy atom. The van der Waals surface area contributed by atoms with Crippen molar-refractivity contribution in [2.45, 2.75) is 20.3 Å². The van der Waals surface area contributed by atoms with Gasteiger partial charge >= 0.3 is 0 Å². The highest BCUT2D eigenvalue weighted by atomic mass is 35.5. The van der Waals surface area contributed by atoms with E-state index in [4.69, 9.17) is 16.3 Å². The van der Waals surface area contributed by atoms with Gasteiger partial charge in [-0.1, -0.05) is 36.7 Å². The number of aryl methyl sites for hydroxylation is 2. The molecule has 0 saturated carbocycles. The third kappa shape index (κ3) is 3.46. The summed E-state index contributed by atoms with van der Waals surface area (Å²) >= 11 is 6.43. The van der Waals surface area contributed by atoms with Gasteiger partial charge in [0.1, 0.15) is 5.75 Å². The highest BCUT2D eigenvalue weighted by molar-refractivity contribution is 6.33. The summed E-state index contributed by atoms with van der Waals surface area (Å²) in [5.41, 5.74) is 4.11. The van der Waals surface area contributed by atoms with Crippen LogP contribution in [0.5, 0.6) is 5.75 Å². The van der Waals surface area contributed by atoms with Gasteiger partial charge in [-0.05, 0) is 42.7 Å². The van der Waals surface area contributed by atoms with Crippen LogP contribution in [0.3, 0.4) is 0 Å². The summed E-state index contributed by atoms with van der Waals surface area (Å²) in [6, 6.07) is 13.2. The van der Waals surface area contributed by atoms with Gasteiger partial charge in [-0.3, -0.25) is 4.79 Å². The maximum Gasteiger partial charge on any atom is 0.259 e. The largest absolute Gasteiger partial charge is 0.496 e. The summed E-state index contributed by atoms with van der Waals surface area (Å²) < 4.78 is 7.33. The van der Waals surface area contributed by atoms with E-state index in [9.17, 15) is 4.79 Å². The molecule has 3 rings (SSSR count). The molecule has 1 heterocycles. The number of halogens is 1. The lowest BCUT2D eigenvalue weighted by atomic mass is 10.0. The highest BCUT2D eigenvalue weighted by Gasteiger charge is 2.18. The molecule has 0 aliphatic heterocycles. The van der Waals surface area contributed by atoms with E-state index >= 15 is 0 Å². The van der Waals surface area contributed by atoms with Crippen molar-refractivity contribution >= 4 is 23.2 Å². The van der Waals surface area contributed by atoms with Gasteiger partial charge in [-0.15, -0.1) is 0 Å². The molecule has 0 aliphatic rings. The van der Waals surface area contributed by atoms with Crippen molar-refractivity contribution in [3.8, 4) is 11.4 Å². The molecule has 134 valence electrons. The van der Waals surface area contributed by atoms with Crippen molar-refractivity contribution in [2.24, 2.45) is 0 Å². The number of aromatic nitrogens is 1. The molecule has 1 N–H and O–H groups in total. The lowest BCUT2D eigenvalue weighted by Crippen LogP contribution is -2.16. The number of nitrogens with one attached hydrogen (secondary N) is 1. The standard InChI is InChI=1S/C21H21ClN2O2/c1-4-15-9-7-8-14(2)20(15)23-21(25)16-12-17(22)18(13-19(16)26-3)24-10-5-6-11-24/h5-13H,4H2,1-3H3,(H,23,25). The second-order valence-electron chi connectivity index (χ2n) is 6.01. The number of hydrogen-bond donors (Lipinski definition) is 1. The first-order valence-electron chi connectivity index (χ1n) is 8.45. The van der Waals surface area contributed by atoms with Crippen LogP contribution in [0.2, 0.25) is 5.02 Å². The number of nitrogens with zero attached hydrogens (tertiary/aromatic N) is 1. The van der Waals surface area contributed by atoms with E-state index in [-0.39, 0.29) is 5.91 Å². The van der Waals surface area contributed by atoms with Gasteiger partial charge in [0.2, 0.25) is 0 Å². The van der Waals surface area contributed by atoms with E-state index in [1.807, 2.05) is 54.2 Å². The Bertz CT molecular complexity index is 933. The topological polar surface area (TPSA) is 43.3 Å².